The number of aromatic nitrogens is 4. The second-order valence-electron chi connectivity index (χ2n) is 7.63. The highest BCUT2D eigenvalue weighted by Gasteiger charge is 2.54. The van der Waals surface area contributed by atoms with Gasteiger partial charge in [0.1, 0.15) is 28.2 Å². The maximum Gasteiger partial charge on any atom is 0.352 e. The number of nitrogens with one attached hydrogen (secondary N) is 1. The molecule has 33 heavy (non-hydrogen) atoms. The molecule has 2 aliphatic heterocycles. The number of carbonyl (C=O) groups excluding carboxylic acids is 2. The van der Waals surface area contributed by atoms with Crippen LogP contribution < -0.4 is 5.32 Å². The van der Waals surface area contributed by atoms with Crippen LogP contribution in [-0.2, 0) is 14.4 Å². The van der Waals surface area contributed by atoms with Gasteiger partial charge in [0.2, 0.25) is 5.91 Å². The van der Waals surface area contributed by atoms with Crippen LogP contribution in [0.1, 0.15) is 29.4 Å². The number of amides is 2. The van der Waals surface area contributed by atoms with E-state index in [1.807, 2.05) is 6.92 Å². The summed E-state index contributed by atoms with van der Waals surface area (Å²) in [5.74, 6) is -1.15. The maximum absolute atomic E-state index is 12.9. The van der Waals surface area contributed by atoms with Crippen LogP contribution in [0, 0.1) is 20.8 Å². The Kier molecular flexibility index (Phi) is 6.76. The molecule has 1 saturated heterocycles. The van der Waals surface area contributed by atoms with E-state index in [2.05, 4.69) is 20.6 Å². The molecule has 0 saturated carbocycles. The van der Waals surface area contributed by atoms with Crippen molar-refractivity contribution in [2.24, 2.45) is 0 Å². The monoisotopic (exact) mass is 528 g/mol. The fourth-order valence-electron chi connectivity index (χ4n) is 3.68. The minimum Gasteiger partial charge on any atom is -0.477 e. The SMILES string of the molecule is Cc1nnc(SCC2=C(C(=O)O)N3C(=O)[C@H](NC(=O)[C@H](C)n4nc(C)c(Cl)c4C)[C@H]3SC2)s1. The molecular weight excluding hydrogens is 508 g/mol. The molecule has 0 aromatic carbocycles. The molecule has 4 heterocycles. The van der Waals surface area contributed by atoms with Gasteiger partial charge in [0.05, 0.1) is 16.4 Å². The number of thioether (sulfide) groups is 2. The van der Waals surface area contributed by atoms with Crippen molar-refractivity contribution in [2.75, 3.05) is 11.5 Å². The predicted molar refractivity (Wildman–Crippen MR) is 126 cm³/mol. The summed E-state index contributed by atoms with van der Waals surface area (Å²) in [6.07, 6.45) is 0. The van der Waals surface area contributed by atoms with Crippen molar-refractivity contribution in [3.63, 3.8) is 0 Å². The number of fused-ring (bicyclic) bond motifs is 1. The zero-order chi connectivity index (χ0) is 24.0. The second kappa shape index (κ2) is 9.28. The van der Waals surface area contributed by atoms with Crippen LogP contribution in [0.5, 0.6) is 0 Å². The summed E-state index contributed by atoms with van der Waals surface area (Å²) in [4.78, 5) is 39.0. The first-order chi connectivity index (χ1) is 15.6. The quantitative estimate of drug-likeness (QED) is 0.411. The number of nitrogens with zero attached hydrogens (tertiary/aromatic N) is 5. The molecule has 0 bridgehead atoms. The van der Waals surface area contributed by atoms with Crippen molar-refractivity contribution in [3.05, 3.63) is 32.7 Å². The Labute approximate surface area is 207 Å². The van der Waals surface area contributed by atoms with E-state index in [0.717, 1.165) is 9.35 Å². The molecular formula is C19H21ClN6O4S3. The van der Waals surface area contributed by atoms with E-state index in [9.17, 15) is 19.5 Å². The van der Waals surface area contributed by atoms with Crippen LogP contribution >= 0.6 is 46.5 Å². The lowest BCUT2D eigenvalue weighted by atomic mass is 10.0. The van der Waals surface area contributed by atoms with Gasteiger partial charge in [-0.1, -0.05) is 34.7 Å². The summed E-state index contributed by atoms with van der Waals surface area (Å²) in [5, 5.41) is 25.7. The number of carbonyl (C=O) groups is 3. The standard InChI is InChI=1S/C19H21ClN6O4S3/c1-7-12(20)8(2)26(24-7)9(3)15(27)21-13-16(28)25-14(18(29)30)11(5-31-17(13)25)6-32-19-23-22-10(4)33-19/h9,13,17H,5-6H2,1-4H3,(H,21,27)(H,29,30)/t9-,13-,17+/m0/s1. The molecule has 176 valence electrons. The first-order valence-corrected chi connectivity index (χ1v) is 13.2. The van der Waals surface area contributed by atoms with Gasteiger partial charge in [-0.15, -0.1) is 22.0 Å². The molecule has 10 nitrogen and oxygen atoms in total. The molecule has 2 aromatic heterocycles. The Morgan fingerprint density at radius 2 is 2.06 bits per heavy atom. The van der Waals surface area contributed by atoms with Gasteiger partial charge in [0.15, 0.2) is 4.34 Å². The van der Waals surface area contributed by atoms with E-state index in [1.54, 1.807) is 20.8 Å². The van der Waals surface area contributed by atoms with E-state index < -0.39 is 29.3 Å². The molecule has 14 heteroatoms. The zero-order valence-corrected chi connectivity index (χ0v) is 21.4. The maximum atomic E-state index is 12.9. The van der Waals surface area contributed by atoms with Crippen LogP contribution in [0.2, 0.25) is 5.02 Å². The van der Waals surface area contributed by atoms with Crippen LogP contribution in [0.15, 0.2) is 15.6 Å². The first-order valence-electron chi connectivity index (χ1n) is 9.94. The smallest absolute Gasteiger partial charge is 0.352 e. The summed E-state index contributed by atoms with van der Waals surface area (Å²) in [6.45, 7) is 7.05. The van der Waals surface area contributed by atoms with E-state index in [4.69, 9.17) is 11.6 Å². The van der Waals surface area contributed by atoms with Gasteiger partial charge in [-0.3, -0.25) is 19.2 Å². The number of aryl methyl sites for hydroxylation is 2. The van der Waals surface area contributed by atoms with Crippen LogP contribution in [0.25, 0.3) is 0 Å². The van der Waals surface area contributed by atoms with Gasteiger partial charge in [0, 0.05) is 11.5 Å². The Morgan fingerprint density at radius 1 is 1.33 bits per heavy atom. The average Bonchev–Trinajstić information content (AvgIpc) is 3.31. The fraction of sp³-hybridized carbons (Fsp3) is 0.474. The third-order valence-electron chi connectivity index (χ3n) is 5.41. The second-order valence-corrected chi connectivity index (χ2v) is 11.5. The van der Waals surface area contributed by atoms with Gasteiger partial charge in [-0.2, -0.15) is 5.10 Å². The number of carboxylic acids is 1. The van der Waals surface area contributed by atoms with Crippen molar-refractivity contribution in [3.8, 4) is 0 Å². The number of aliphatic carboxylic acids is 1. The van der Waals surface area contributed by atoms with Crippen LogP contribution in [0.4, 0.5) is 0 Å². The molecule has 0 unspecified atom stereocenters. The lowest BCUT2D eigenvalue weighted by Gasteiger charge is -2.49. The summed E-state index contributed by atoms with van der Waals surface area (Å²) in [7, 11) is 0. The van der Waals surface area contributed by atoms with Crippen LogP contribution in [-0.4, -0.2) is 70.7 Å². The molecule has 0 spiro atoms. The third kappa shape index (κ3) is 4.38. The van der Waals surface area contributed by atoms with Crippen molar-refractivity contribution in [2.45, 2.75) is 49.5 Å². The van der Waals surface area contributed by atoms with Gasteiger partial charge < -0.3 is 10.4 Å². The largest absolute Gasteiger partial charge is 0.477 e. The number of hydrogen-bond acceptors (Lipinski definition) is 9. The summed E-state index contributed by atoms with van der Waals surface area (Å²) in [5.41, 5.74) is 1.91. The zero-order valence-electron chi connectivity index (χ0n) is 18.2. The highest BCUT2D eigenvalue weighted by Crippen LogP contribution is 2.42. The molecule has 2 N–H and O–H groups in total. The lowest BCUT2D eigenvalue weighted by molar-refractivity contribution is -0.151. The summed E-state index contributed by atoms with van der Waals surface area (Å²) < 4.78 is 2.27. The molecule has 3 atom stereocenters. The summed E-state index contributed by atoms with van der Waals surface area (Å²) >= 11 is 10.4. The summed E-state index contributed by atoms with van der Waals surface area (Å²) in [6, 6.07) is -1.48. The van der Waals surface area contributed by atoms with E-state index in [-0.39, 0.29) is 11.6 Å². The number of halogens is 1. The minimum absolute atomic E-state index is 0.0126. The van der Waals surface area contributed by atoms with Crippen molar-refractivity contribution >= 4 is 64.2 Å². The molecule has 0 radical (unpaired) electrons. The Hall–Kier alpha value is -2.09. The van der Waals surface area contributed by atoms with Crippen LogP contribution in [0.3, 0.4) is 0 Å². The van der Waals surface area contributed by atoms with Gasteiger partial charge >= 0.3 is 5.97 Å². The highest BCUT2D eigenvalue weighted by molar-refractivity contribution is 8.01. The number of carboxylic acid groups (broad SMARTS) is 1. The van der Waals surface area contributed by atoms with Gasteiger partial charge in [-0.05, 0) is 33.3 Å². The molecule has 2 amide bonds. The normalized spacial score (nSPS) is 21.0. The Morgan fingerprint density at radius 3 is 2.64 bits per heavy atom. The fourth-order valence-corrected chi connectivity index (χ4v) is 7.11. The molecule has 2 aliphatic rings. The topological polar surface area (TPSA) is 130 Å². The Bertz CT molecular complexity index is 1180. The third-order valence-corrected chi connectivity index (χ3v) is 9.35. The average molecular weight is 529 g/mol. The number of β-lactam (4-membered cyclic amide) rings is 1. The Balaban J connectivity index is 1.46. The molecule has 2 aromatic rings. The van der Waals surface area contributed by atoms with Crippen molar-refractivity contribution < 1.29 is 19.5 Å². The van der Waals surface area contributed by atoms with E-state index in [0.29, 0.717) is 33.5 Å². The number of rotatable bonds is 7. The van der Waals surface area contributed by atoms with Gasteiger partial charge in [-0.25, -0.2) is 4.79 Å². The number of hydrogen-bond donors (Lipinski definition) is 2. The predicted octanol–water partition coefficient (Wildman–Crippen LogP) is 2.41. The minimum atomic E-state index is -1.16. The van der Waals surface area contributed by atoms with E-state index in [1.165, 1.54) is 44.4 Å². The lowest BCUT2D eigenvalue weighted by Crippen LogP contribution is -2.71. The van der Waals surface area contributed by atoms with Crippen molar-refractivity contribution in [1.29, 1.82) is 0 Å². The first kappa shape index (κ1) is 24.0. The molecule has 0 aliphatic carbocycles. The van der Waals surface area contributed by atoms with Gasteiger partial charge in [0.25, 0.3) is 5.91 Å². The van der Waals surface area contributed by atoms with E-state index >= 15 is 0 Å². The molecule has 1 fully saturated rings. The molecule has 4 rings (SSSR count). The van der Waals surface area contributed by atoms with Crippen molar-refractivity contribution in [1.82, 2.24) is 30.2 Å². The highest BCUT2D eigenvalue weighted by atomic mass is 35.5.